The second kappa shape index (κ2) is 7.14. The smallest absolute Gasteiger partial charge is 0.355 e. The van der Waals surface area contributed by atoms with Crippen LogP contribution in [0.2, 0.25) is 0 Å². The van der Waals surface area contributed by atoms with E-state index in [0.29, 0.717) is 25.3 Å². The molecule has 2 aromatic rings. The van der Waals surface area contributed by atoms with Crippen molar-refractivity contribution in [3.05, 3.63) is 52.3 Å². The Kier molecular flexibility index (Phi) is 4.92. The Morgan fingerprint density at radius 2 is 2.12 bits per heavy atom. The molecule has 0 aromatic carbocycles. The molecule has 0 unspecified atom stereocenters. The second-order valence-corrected chi connectivity index (χ2v) is 5.96. The van der Waals surface area contributed by atoms with Gasteiger partial charge in [-0.1, -0.05) is 0 Å². The zero-order valence-electron chi connectivity index (χ0n) is 13.6. The van der Waals surface area contributed by atoms with Crippen molar-refractivity contribution in [3.63, 3.8) is 0 Å². The molecule has 1 atom stereocenters. The average Bonchev–Trinajstić information content (AvgIpc) is 2.61. The number of aromatic amines is 1. The standard InChI is InChI=1S/C16H16F3N5O2/c17-16(18,19)10-3-4-13(21-6-10)24-5-1-2-11(8-24)23-15(26)12-7-20-9-22-14(12)25/h3-4,6-7,9,11H,1-2,5,8H2,(H,23,26)(H,20,22,25)/t11-/m0/s1. The first-order valence-electron chi connectivity index (χ1n) is 7.96. The predicted molar refractivity (Wildman–Crippen MR) is 86.8 cm³/mol. The molecule has 26 heavy (non-hydrogen) atoms. The summed E-state index contributed by atoms with van der Waals surface area (Å²) in [6.07, 6.45) is 0.176. The van der Waals surface area contributed by atoms with E-state index >= 15 is 0 Å². The molecule has 2 N–H and O–H groups in total. The van der Waals surface area contributed by atoms with Crippen LogP contribution in [-0.4, -0.2) is 40.0 Å². The van der Waals surface area contributed by atoms with Gasteiger partial charge in [0, 0.05) is 31.5 Å². The fourth-order valence-corrected chi connectivity index (χ4v) is 2.81. The molecule has 1 amide bonds. The number of pyridine rings is 1. The lowest BCUT2D eigenvalue weighted by molar-refractivity contribution is -0.137. The van der Waals surface area contributed by atoms with E-state index in [4.69, 9.17) is 0 Å². The topological polar surface area (TPSA) is 91.0 Å². The maximum atomic E-state index is 12.6. The van der Waals surface area contributed by atoms with Crippen LogP contribution in [0.3, 0.4) is 0 Å². The van der Waals surface area contributed by atoms with Crippen LogP contribution in [0, 0.1) is 0 Å². The van der Waals surface area contributed by atoms with Crippen molar-refractivity contribution in [2.75, 3.05) is 18.0 Å². The van der Waals surface area contributed by atoms with Gasteiger partial charge in [0.2, 0.25) is 0 Å². The van der Waals surface area contributed by atoms with Gasteiger partial charge in [-0.3, -0.25) is 9.59 Å². The van der Waals surface area contributed by atoms with Crippen LogP contribution in [0.1, 0.15) is 28.8 Å². The SMILES string of the molecule is O=C(N[C@H]1CCCN(c2ccc(C(F)(F)F)cn2)C1)c1cnc[nH]c1=O. The number of halogens is 3. The molecule has 0 bridgehead atoms. The number of nitrogens with one attached hydrogen (secondary N) is 2. The van der Waals surface area contributed by atoms with E-state index in [-0.39, 0.29) is 11.6 Å². The van der Waals surface area contributed by atoms with Gasteiger partial charge in [0.1, 0.15) is 11.4 Å². The minimum Gasteiger partial charge on any atom is -0.355 e. The summed E-state index contributed by atoms with van der Waals surface area (Å²) in [6, 6.07) is 2.05. The number of carbonyl (C=O) groups is 1. The van der Waals surface area contributed by atoms with E-state index in [1.54, 1.807) is 0 Å². The highest BCUT2D eigenvalue weighted by Crippen LogP contribution is 2.29. The monoisotopic (exact) mass is 367 g/mol. The van der Waals surface area contributed by atoms with Crippen molar-refractivity contribution in [2.45, 2.75) is 25.1 Å². The molecule has 2 aromatic heterocycles. The van der Waals surface area contributed by atoms with Crippen LogP contribution in [-0.2, 0) is 6.18 Å². The van der Waals surface area contributed by atoms with Gasteiger partial charge in [-0.2, -0.15) is 13.2 Å². The number of amides is 1. The van der Waals surface area contributed by atoms with E-state index in [1.807, 2.05) is 4.90 Å². The summed E-state index contributed by atoms with van der Waals surface area (Å²) in [4.78, 5) is 35.6. The highest BCUT2D eigenvalue weighted by Gasteiger charge is 2.31. The molecule has 3 heterocycles. The summed E-state index contributed by atoms with van der Waals surface area (Å²) in [7, 11) is 0. The normalized spacial score (nSPS) is 17.8. The van der Waals surface area contributed by atoms with Crippen molar-refractivity contribution in [3.8, 4) is 0 Å². The van der Waals surface area contributed by atoms with Gasteiger partial charge in [-0.05, 0) is 25.0 Å². The number of hydrogen-bond donors (Lipinski definition) is 2. The number of H-pyrrole nitrogens is 1. The summed E-state index contributed by atoms with van der Waals surface area (Å²) in [6.45, 7) is 1.01. The third-order valence-electron chi connectivity index (χ3n) is 4.12. The number of anilines is 1. The first-order valence-corrected chi connectivity index (χ1v) is 7.96. The van der Waals surface area contributed by atoms with Crippen LogP contribution in [0.25, 0.3) is 0 Å². The van der Waals surface area contributed by atoms with Gasteiger partial charge < -0.3 is 15.2 Å². The molecule has 3 rings (SSSR count). The van der Waals surface area contributed by atoms with Crippen molar-refractivity contribution in [1.29, 1.82) is 0 Å². The minimum absolute atomic E-state index is 0.0859. The van der Waals surface area contributed by atoms with Gasteiger partial charge in [0.25, 0.3) is 11.5 Å². The van der Waals surface area contributed by atoms with Gasteiger partial charge in [0.05, 0.1) is 11.9 Å². The highest BCUT2D eigenvalue weighted by atomic mass is 19.4. The van der Waals surface area contributed by atoms with E-state index in [0.717, 1.165) is 18.7 Å². The highest BCUT2D eigenvalue weighted by molar-refractivity contribution is 5.93. The molecular weight excluding hydrogens is 351 g/mol. The summed E-state index contributed by atoms with van der Waals surface area (Å²) >= 11 is 0. The Balaban J connectivity index is 1.67. The van der Waals surface area contributed by atoms with Crippen LogP contribution in [0.15, 0.2) is 35.6 Å². The molecule has 1 saturated heterocycles. The van der Waals surface area contributed by atoms with Gasteiger partial charge >= 0.3 is 6.18 Å². The van der Waals surface area contributed by atoms with Crippen molar-refractivity contribution < 1.29 is 18.0 Å². The number of hydrogen-bond acceptors (Lipinski definition) is 5. The number of nitrogens with zero attached hydrogens (tertiary/aromatic N) is 3. The second-order valence-electron chi connectivity index (χ2n) is 5.96. The van der Waals surface area contributed by atoms with Crippen LogP contribution in [0.5, 0.6) is 0 Å². The van der Waals surface area contributed by atoms with Gasteiger partial charge in [-0.25, -0.2) is 9.97 Å². The molecule has 138 valence electrons. The van der Waals surface area contributed by atoms with Crippen molar-refractivity contribution >= 4 is 11.7 Å². The summed E-state index contributed by atoms with van der Waals surface area (Å²) in [5.74, 6) is -0.122. The fraction of sp³-hybridized carbons (Fsp3) is 0.375. The van der Waals surface area contributed by atoms with Crippen LogP contribution >= 0.6 is 0 Å². The molecule has 0 spiro atoms. The Morgan fingerprint density at radius 3 is 2.77 bits per heavy atom. The number of piperidine rings is 1. The third kappa shape index (κ3) is 4.01. The lowest BCUT2D eigenvalue weighted by Crippen LogP contribution is -2.48. The van der Waals surface area contributed by atoms with Gasteiger partial charge in [-0.15, -0.1) is 0 Å². The van der Waals surface area contributed by atoms with E-state index in [2.05, 4.69) is 20.3 Å². The number of alkyl halides is 3. The van der Waals surface area contributed by atoms with Crippen molar-refractivity contribution in [1.82, 2.24) is 20.3 Å². The molecule has 1 fully saturated rings. The average molecular weight is 367 g/mol. The number of carbonyl (C=O) groups excluding carboxylic acids is 1. The number of rotatable bonds is 3. The Labute approximate surface area is 146 Å². The minimum atomic E-state index is -4.43. The molecule has 0 aliphatic carbocycles. The lowest BCUT2D eigenvalue weighted by Gasteiger charge is -2.34. The van der Waals surface area contributed by atoms with E-state index in [1.165, 1.54) is 18.6 Å². The Hall–Kier alpha value is -2.91. The number of aromatic nitrogens is 3. The van der Waals surface area contributed by atoms with Crippen LogP contribution < -0.4 is 15.8 Å². The molecular formula is C16H16F3N5O2. The molecule has 10 heteroatoms. The quantitative estimate of drug-likeness (QED) is 0.860. The summed E-state index contributed by atoms with van der Waals surface area (Å²) in [5.41, 5.74) is -1.43. The molecule has 1 aliphatic heterocycles. The molecule has 0 saturated carbocycles. The first-order chi connectivity index (χ1) is 12.3. The van der Waals surface area contributed by atoms with E-state index < -0.39 is 23.2 Å². The Morgan fingerprint density at radius 1 is 1.31 bits per heavy atom. The third-order valence-corrected chi connectivity index (χ3v) is 4.12. The van der Waals surface area contributed by atoms with Crippen molar-refractivity contribution in [2.24, 2.45) is 0 Å². The predicted octanol–water partition coefficient (Wildman–Crippen LogP) is 1.58. The zero-order valence-corrected chi connectivity index (χ0v) is 13.6. The largest absolute Gasteiger partial charge is 0.417 e. The maximum Gasteiger partial charge on any atom is 0.417 e. The van der Waals surface area contributed by atoms with E-state index in [9.17, 15) is 22.8 Å². The zero-order chi connectivity index (χ0) is 18.7. The lowest BCUT2D eigenvalue weighted by atomic mass is 10.1. The first kappa shape index (κ1) is 17.9. The Bertz CT molecular complexity index is 835. The molecule has 1 aliphatic rings. The van der Waals surface area contributed by atoms with Gasteiger partial charge in [0.15, 0.2) is 0 Å². The summed E-state index contributed by atoms with van der Waals surface area (Å²) < 4.78 is 37.9. The van der Waals surface area contributed by atoms with Crippen LogP contribution in [0.4, 0.5) is 19.0 Å². The summed E-state index contributed by atoms with van der Waals surface area (Å²) in [5, 5.41) is 2.76. The molecule has 7 nitrogen and oxygen atoms in total. The maximum absolute atomic E-state index is 12.6. The fourth-order valence-electron chi connectivity index (χ4n) is 2.81. The molecule has 0 radical (unpaired) electrons.